The Morgan fingerprint density at radius 3 is 2.26 bits per heavy atom. The topological polar surface area (TPSA) is 66.5 Å². The normalized spacial score (nSPS) is 12.3. The van der Waals surface area contributed by atoms with Crippen molar-refractivity contribution in [2.45, 2.75) is 17.9 Å². The Labute approximate surface area is 190 Å². The maximum absolute atomic E-state index is 13.3. The second kappa shape index (κ2) is 9.68. The minimum Gasteiger partial charge on any atom is -0.348 e. The molecule has 3 aromatic carbocycles. The third-order valence-corrected chi connectivity index (χ3v) is 7.08. The fraction of sp³-hybridized carbons (Fsp3) is 0.136. The van der Waals surface area contributed by atoms with Crippen molar-refractivity contribution in [3.8, 4) is 0 Å². The minimum absolute atomic E-state index is 0.0282. The number of rotatable bonds is 7. The zero-order valence-corrected chi connectivity index (χ0v) is 18.8. The first-order valence-corrected chi connectivity index (χ1v) is 11.5. The summed E-state index contributed by atoms with van der Waals surface area (Å²) in [6.07, 6.45) is 0. The molecule has 0 heterocycles. The van der Waals surface area contributed by atoms with Gasteiger partial charge in [0.1, 0.15) is 12.4 Å². The van der Waals surface area contributed by atoms with Gasteiger partial charge in [0.15, 0.2) is 0 Å². The van der Waals surface area contributed by atoms with Crippen LogP contribution in [0.5, 0.6) is 0 Å². The van der Waals surface area contributed by atoms with Crippen molar-refractivity contribution in [3.63, 3.8) is 0 Å². The Morgan fingerprint density at radius 1 is 1.00 bits per heavy atom. The molecule has 0 radical (unpaired) electrons. The molecule has 0 aliphatic rings. The van der Waals surface area contributed by atoms with E-state index in [0.717, 1.165) is 4.31 Å². The first-order chi connectivity index (χ1) is 14.7. The van der Waals surface area contributed by atoms with Crippen molar-refractivity contribution in [1.82, 2.24) is 5.32 Å². The monoisotopic (exact) mass is 480 g/mol. The van der Waals surface area contributed by atoms with Crippen molar-refractivity contribution in [2.75, 3.05) is 10.8 Å². The summed E-state index contributed by atoms with van der Waals surface area (Å²) in [7, 11) is -4.06. The van der Waals surface area contributed by atoms with Crippen molar-refractivity contribution in [1.29, 1.82) is 0 Å². The summed E-state index contributed by atoms with van der Waals surface area (Å²) in [4.78, 5) is 12.8. The predicted octanol–water partition coefficient (Wildman–Crippen LogP) is 5.21. The molecule has 0 aliphatic carbocycles. The van der Waals surface area contributed by atoms with Gasteiger partial charge in [0.25, 0.3) is 10.0 Å². The van der Waals surface area contributed by atoms with Crippen LogP contribution in [0.1, 0.15) is 18.5 Å². The largest absolute Gasteiger partial charge is 0.348 e. The van der Waals surface area contributed by atoms with E-state index >= 15 is 0 Å². The van der Waals surface area contributed by atoms with Gasteiger partial charge in [-0.15, -0.1) is 0 Å². The molecule has 0 saturated heterocycles. The first-order valence-electron chi connectivity index (χ1n) is 9.26. The lowest BCUT2D eigenvalue weighted by Crippen LogP contribution is -2.41. The molecule has 0 spiro atoms. The molecule has 0 fully saturated rings. The number of carbonyl (C=O) groups is 1. The molecule has 0 aliphatic heterocycles. The van der Waals surface area contributed by atoms with E-state index in [-0.39, 0.29) is 26.4 Å². The highest BCUT2D eigenvalue weighted by Gasteiger charge is 2.28. The molecule has 0 aromatic heterocycles. The number of carbonyl (C=O) groups excluding carboxylic acids is 1. The summed E-state index contributed by atoms with van der Waals surface area (Å²) in [5.41, 5.74) is 0.879. The van der Waals surface area contributed by atoms with Gasteiger partial charge < -0.3 is 5.32 Å². The lowest BCUT2D eigenvalue weighted by molar-refractivity contribution is -0.120. The molecule has 1 N–H and O–H groups in total. The van der Waals surface area contributed by atoms with E-state index in [4.69, 9.17) is 23.2 Å². The average Bonchev–Trinajstić information content (AvgIpc) is 2.75. The summed E-state index contributed by atoms with van der Waals surface area (Å²) in [5.74, 6) is -0.926. The summed E-state index contributed by atoms with van der Waals surface area (Å²) < 4.78 is 40.7. The van der Waals surface area contributed by atoms with E-state index in [1.165, 1.54) is 42.5 Å². The van der Waals surface area contributed by atoms with E-state index < -0.39 is 28.5 Å². The zero-order valence-electron chi connectivity index (χ0n) is 16.4. The number of sulfonamides is 1. The van der Waals surface area contributed by atoms with Crippen LogP contribution in [0, 0.1) is 5.82 Å². The second-order valence-electron chi connectivity index (χ2n) is 6.76. The van der Waals surface area contributed by atoms with Gasteiger partial charge in [0.05, 0.1) is 26.7 Å². The van der Waals surface area contributed by atoms with Crippen molar-refractivity contribution in [3.05, 3.63) is 94.2 Å². The molecule has 31 heavy (non-hydrogen) atoms. The Bertz CT molecular complexity index is 1170. The molecule has 1 unspecified atom stereocenters. The van der Waals surface area contributed by atoms with Crippen LogP contribution in [-0.4, -0.2) is 20.9 Å². The summed E-state index contributed by atoms with van der Waals surface area (Å²) in [6.45, 7) is 1.24. The highest BCUT2D eigenvalue weighted by molar-refractivity contribution is 7.92. The standard InChI is InChI=1S/C22H19Cl2FN2O3S/c1-15(16-7-9-17(25)10-8-16)26-22(28)14-27(18-11-12-20(23)21(24)13-18)31(29,30)19-5-3-2-4-6-19/h2-13,15H,14H2,1H3,(H,26,28). The van der Waals surface area contributed by atoms with Gasteiger partial charge in [-0.05, 0) is 55.0 Å². The minimum atomic E-state index is -4.06. The number of benzene rings is 3. The van der Waals surface area contributed by atoms with Crippen LogP contribution >= 0.6 is 23.2 Å². The molecule has 5 nitrogen and oxygen atoms in total. The summed E-state index contributed by atoms with van der Waals surface area (Å²) in [5, 5.41) is 3.16. The molecule has 0 bridgehead atoms. The van der Waals surface area contributed by atoms with Crippen LogP contribution in [0.15, 0.2) is 77.7 Å². The molecule has 3 rings (SSSR count). The second-order valence-corrected chi connectivity index (χ2v) is 9.44. The van der Waals surface area contributed by atoms with Gasteiger partial charge in [0.2, 0.25) is 5.91 Å². The number of amides is 1. The molecule has 0 saturated carbocycles. The number of halogens is 3. The fourth-order valence-electron chi connectivity index (χ4n) is 2.93. The quantitative estimate of drug-likeness (QED) is 0.504. The van der Waals surface area contributed by atoms with Crippen molar-refractivity contribution >= 4 is 44.8 Å². The van der Waals surface area contributed by atoms with Crippen LogP contribution in [0.2, 0.25) is 10.0 Å². The smallest absolute Gasteiger partial charge is 0.264 e. The van der Waals surface area contributed by atoms with Gasteiger partial charge in [-0.2, -0.15) is 0 Å². The molecule has 1 amide bonds. The van der Waals surface area contributed by atoms with Gasteiger partial charge in [0, 0.05) is 0 Å². The molecular weight excluding hydrogens is 462 g/mol. The summed E-state index contributed by atoms with van der Waals surface area (Å²) >= 11 is 12.0. The number of hydrogen-bond donors (Lipinski definition) is 1. The molecule has 1 atom stereocenters. The average molecular weight is 481 g/mol. The van der Waals surface area contributed by atoms with Gasteiger partial charge >= 0.3 is 0 Å². The molecule has 9 heteroatoms. The molecule has 3 aromatic rings. The zero-order chi connectivity index (χ0) is 22.6. The lowest BCUT2D eigenvalue weighted by atomic mass is 10.1. The van der Waals surface area contributed by atoms with Gasteiger partial charge in [-0.1, -0.05) is 53.5 Å². The van der Waals surface area contributed by atoms with E-state index in [9.17, 15) is 17.6 Å². The highest BCUT2D eigenvalue weighted by Crippen LogP contribution is 2.30. The Kier molecular flexibility index (Phi) is 7.20. The van der Waals surface area contributed by atoms with Crippen LogP contribution in [0.3, 0.4) is 0 Å². The van der Waals surface area contributed by atoms with Crippen LogP contribution in [0.25, 0.3) is 0 Å². The molecule has 162 valence electrons. The maximum Gasteiger partial charge on any atom is 0.264 e. The Morgan fingerprint density at radius 2 is 1.65 bits per heavy atom. The SMILES string of the molecule is CC(NC(=O)CN(c1ccc(Cl)c(Cl)c1)S(=O)(=O)c1ccccc1)c1ccc(F)cc1. The predicted molar refractivity (Wildman–Crippen MR) is 120 cm³/mol. The number of nitrogens with one attached hydrogen (secondary N) is 1. The maximum atomic E-state index is 13.3. The number of anilines is 1. The number of nitrogens with zero attached hydrogens (tertiary/aromatic N) is 1. The van der Waals surface area contributed by atoms with Crippen molar-refractivity contribution < 1.29 is 17.6 Å². The van der Waals surface area contributed by atoms with Crippen LogP contribution in [0.4, 0.5) is 10.1 Å². The number of hydrogen-bond acceptors (Lipinski definition) is 3. The highest BCUT2D eigenvalue weighted by atomic mass is 35.5. The first kappa shape index (κ1) is 23.1. The summed E-state index contributed by atoms with van der Waals surface area (Å²) in [6, 6.07) is 17.3. The van der Waals surface area contributed by atoms with Gasteiger partial charge in [-0.3, -0.25) is 9.10 Å². The van der Waals surface area contributed by atoms with E-state index in [1.807, 2.05) is 0 Å². The third-order valence-electron chi connectivity index (χ3n) is 4.56. The lowest BCUT2D eigenvalue weighted by Gasteiger charge is -2.25. The van der Waals surface area contributed by atoms with E-state index in [1.54, 1.807) is 37.3 Å². The van der Waals surface area contributed by atoms with Gasteiger partial charge in [-0.25, -0.2) is 12.8 Å². The Hall–Kier alpha value is -2.61. The van der Waals surface area contributed by atoms with E-state index in [0.29, 0.717) is 5.56 Å². The van der Waals surface area contributed by atoms with Crippen LogP contribution in [-0.2, 0) is 14.8 Å². The molecular formula is C22H19Cl2FN2O3S. The van der Waals surface area contributed by atoms with Crippen molar-refractivity contribution in [2.24, 2.45) is 0 Å². The van der Waals surface area contributed by atoms with Crippen LogP contribution < -0.4 is 9.62 Å². The van der Waals surface area contributed by atoms with E-state index in [2.05, 4.69) is 5.32 Å². The third kappa shape index (κ3) is 5.55. The fourth-order valence-corrected chi connectivity index (χ4v) is 4.65. The Balaban J connectivity index is 1.90.